The largest absolute Gasteiger partial charge is 0.437 e. The number of carbonyl (C=O) groups is 2. The van der Waals surface area contributed by atoms with Crippen molar-refractivity contribution in [1.29, 1.82) is 0 Å². The summed E-state index contributed by atoms with van der Waals surface area (Å²) in [5.74, 6) is 1.60. The molecule has 1 unspecified atom stereocenters. The van der Waals surface area contributed by atoms with Gasteiger partial charge in [0.2, 0.25) is 0 Å². The monoisotopic (exact) mass is 502 g/mol. The van der Waals surface area contributed by atoms with Crippen molar-refractivity contribution in [2.75, 3.05) is 13.1 Å². The second kappa shape index (κ2) is 8.74. The number of carbonyl (C=O) groups excluding carboxylic acids is 2. The number of hydrogen-bond acceptors (Lipinski definition) is 7. The topological polar surface area (TPSA) is 97.6 Å². The zero-order chi connectivity index (χ0) is 25.0. The van der Waals surface area contributed by atoms with E-state index in [1.54, 1.807) is 25.1 Å². The molecule has 3 atom stereocenters. The SMILES string of the molecule is Cc1cccc(-c2sc(C)nc2C(=O)N2C[C@@H]3CC3[C@H]2CNC(=O)Oc2cccc3nc(C)oc23)c1. The summed E-state index contributed by atoms with van der Waals surface area (Å²) >= 11 is 1.54. The second-order valence-electron chi connectivity index (χ2n) is 9.57. The fourth-order valence-corrected chi connectivity index (χ4v) is 6.10. The first-order chi connectivity index (χ1) is 17.4. The summed E-state index contributed by atoms with van der Waals surface area (Å²) in [6, 6.07) is 13.3. The van der Waals surface area contributed by atoms with Gasteiger partial charge in [0.1, 0.15) is 11.2 Å². The fourth-order valence-electron chi connectivity index (χ4n) is 5.20. The molecule has 1 aliphatic carbocycles. The molecule has 1 aliphatic heterocycles. The molecule has 8 nitrogen and oxygen atoms in total. The highest BCUT2D eigenvalue weighted by Crippen LogP contribution is 2.50. The van der Waals surface area contributed by atoms with Gasteiger partial charge in [-0.05, 0) is 49.8 Å². The van der Waals surface area contributed by atoms with E-state index in [9.17, 15) is 9.59 Å². The number of benzene rings is 2. The number of para-hydroxylation sites is 1. The van der Waals surface area contributed by atoms with E-state index in [0.29, 0.717) is 53.4 Å². The summed E-state index contributed by atoms with van der Waals surface area (Å²) in [6.45, 7) is 6.72. The molecule has 4 aromatic rings. The molecule has 3 heterocycles. The Kier molecular flexibility index (Phi) is 5.52. The number of hydrogen-bond donors (Lipinski definition) is 1. The number of ether oxygens (including phenoxy) is 1. The maximum absolute atomic E-state index is 13.7. The third-order valence-corrected chi connectivity index (χ3v) is 7.94. The zero-order valence-corrected chi connectivity index (χ0v) is 21.1. The Morgan fingerprint density at radius 3 is 2.83 bits per heavy atom. The summed E-state index contributed by atoms with van der Waals surface area (Å²) in [5, 5.41) is 3.72. The van der Waals surface area contributed by atoms with E-state index in [1.807, 2.05) is 36.9 Å². The summed E-state index contributed by atoms with van der Waals surface area (Å²) in [4.78, 5) is 38.0. The van der Waals surface area contributed by atoms with Crippen LogP contribution in [0.4, 0.5) is 4.79 Å². The normalized spacial score (nSPS) is 20.4. The third kappa shape index (κ3) is 4.13. The van der Waals surface area contributed by atoms with Crippen LogP contribution >= 0.6 is 11.3 Å². The van der Waals surface area contributed by atoms with Crippen LogP contribution in [0.15, 0.2) is 46.9 Å². The van der Waals surface area contributed by atoms with Crippen LogP contribution in [0.2, 0.25) is 0 Å². The van der Waals surface area contributed by atoms with Crippen molar-refractivity contribution in [3.05, 3.63) is 64.6 Å². The van der Waals surface area contributed by atoms with Gasteiger partial charge in [-0.1, -0.05) is 35.9 Å². The van der Waals surface area contributed by atoms with Gasteiger partial charge in [-0.15, -0.1) is 11.3 Å². The maximum atomic E-state index is 13.7. The Bertz CT molecular complexity index is 1490. The maximum Gasteiger partial charge on any atom is 0.412 e. The molecule has 1 saturated heterocycles. The molecule has 0 radical (unpaired) electrons. The van der Waals surface area contributed by atoms with E-state index in [1.165, 1.54) is 11.3 Å². The van der Waals surface area contributed by atoms with Crippen LogP contribution in [-0.2, 0) is 0 Å². The average Bonchev–Trinajstić information content (AvgIpc) is 3.15. The Morgan fingerprint density at radius 1 is 1.17 bits per heavy atom. The summed E-state index contributed by atoms with van der Waals surface area (Å²) < 4.78 is 11.1. The smallest absolute Gasteiger partial charge is 0.412 e. The van der Waals surface area contributed by atoms with Crippen molar-refractivity contribution < 1.29 is 18.7 Å². The highest BCUT2D eigenvalue weighted by atomic mass is 32.1. The molecule has 2 aromatic heterocycles. The molecular weight excluding hydrogens is 476 g/mol. The molecular formula is C27H26N4O4S. The van der Waals surface area contributed by atoms with Gasteiger partial charge >= 0.3 is 6.09 Å². The van der Waals surface area contributed by atoms with E-state index < -0.39 is 6.09 Å². The zero-order valence-electron chi connectivity index (χ0n) is 20.3. The Morgan fingerprint density at radius 2 is 2.00 bits per heavy atom. The molecule has 1 N–H and O–H groups in total. The number of nitrogens with zero attached hydrogens (tertiary/aromatic N) is 3. The number of thiazole rings is 1. The first kappa shape index (κ1) is 22.7. The van der Waals surface area contributed by atoms with E-state index in [2.05, 4.69) is 21.4 Å². The minimum Gasteiger partial charge on any atom is -0.437 e. The highest BCUT2D eigenvalue weighted by Gasteiger charge is 2.54. The second-order valence-corrected chi connectivity index (χ2v) is 10.8. The fraction of sp³-hybridized carbons (Fsp3) is 0.333. The van der Waals surface area contributed by atoms with Crippen LogP contribution in [0.3, 0.4) is 0 Å². The Balaban J connectivity index is 1.18. The van der Waals surface area contributed by atoms with Crippen LogP contribution in [0.25, 0.3) is 21.5 Å². The number of amides is 2. The van der Waals surface area contributed by atoms with Crippen molar-refractivity contribution in [3.8, 4) is 16.2 Å². The van der Waals surface area contributed by atoms with E-state index in [-0.39, 0.29) is 11.9 Å². The van der Waals surface area contributed by atoms with Crippen LogP contribution < -0.4 is 10.1 Å². The van der Waals surface area contributed by atoms with Crippen LogP contribution in [-0.4, -0.2) is 46.0 Å². The molecule has 2 fully saturated rings. The molecule has 2 amide bonds. The van der Waals surface area contributed by atoms with Crippen LogP contribution in [0.5, 0.6) is 5.75 Å². The number of oxazole rings is 1. The Labute approximate surface area is 212 Å². The molecule has 0 bridgehead atoms. The van der Waals surface area contributed by atoms with Gasteiger partial charge in [0.25, 0.3) is 5.91 Å². The lowest BCUT2D eigenvalue weighted by Gasteiger charge is -2.27. The van der Waals surface area contributed by atoms with Crippen LogP contribution in [0.1, 0.15) is 33.4 Å². The van der Waals surface area contributed by atoms with Crippen molar-refractivity contribution in [3.63, 3.8) is 0 Å². The van der Waals surface area contributed by atoms with Gasteiger partial charge < -0.3 is 19.4 Å². The number of aryl methyl sites for hydroxylation is 3. The van der Waals surface area contributed by atoms with Crippen LogP contribution in [0, 0.1) is 32.6 Å². The average molecular weight is 503 g/mol. The van der Waals surface area contributed by atoms with E-state index in [0.717, 1.165) is 27.4 Å². The van der Waals surface area contributed by atoms with Crippen molar-refractivity contribution in [2.45, 2.75) is 33.2 Å². The standard InChI is InChI=1S/C27H26N4O4S/c1-14-6-4-7-17(10-14)25-23(30-16(3)36-25)26(32)31-13-18-11-19(18)21(31)12-28-27(33)35-22-9-5-8-20-24(22)34-15(2)29-20/h4-10,18-19,21H,11-13H2,1-3H3,(H,28,33)/t18-,19?,21+/m0/s1. The summed E-state index contributed by atoms with van der Waals surface area (Å²) in [7, 11) is 0. The molecule has 2 aliphatic rings. The minimum absolute atomic E-state index is 0.0786. The van der Waals surface area contributed by atoms with Gasteiger partial charge in [-0.25, -0.2) is 14.8 Å². The van der Waals surface area contributed by atoms with Crippen molar-refractivity contribution in [2.24, 2.45) is 11.8 Å². The predicted molar refractivity (Wildman–Crippen MR) is 136 cm³/mol. The lowest BCUT2D eigenvalue weighted by atomic mass is 10.1. The third-order valence-electron chi connectivity index (χ3n) is 6.92. The molecule has 9 heteroatoms. The van der Waals surface area contributed by atoms with E-state index >= 15 is 0 Å². The molecule has 1 saturated carbocycles. The molecule has 6 rings (SSSR count). The quantitative estimate of drug-likeness (QED) is 0.407. The molecule has 36 heavy (non-hydrogen) atoms. The number of aromatic nitrogens is 2. The number of nitrogens with one attached hydrogen (secondary N) is 1. The summed E-state index contributed by atoms with van der Waals surface area (Å²) in [6.07, 6.45) is 0.487. The van der Waals surface area contributed by atoms with Gasteiger partial charge in [-0.2, -0.15) is 0 Å². The lowest BCUT2D eigenvalue weighted by molar-refractivity contribution is 0.0700. The molecule has 0 spiro atoms. The highest BCUT2D eigenvalue weighted by molar-refractivity contribution is 7.15. The van der Waals surface area contributed by atoms with Crippen molar-refractivity contribution in [1.82, 2.24) is 20.2 Å². The summed E-state index contributed by atoms with van der Waals surface area (Å²) in [5.41, 5.74) is 3.70. The lowest BCUT2D eigenvalue weighted by Crippen LogP contribution is -2.46. The molecule has 2 aromatic carbocycles. The van der Waals surface area contributed by atoms with Gasteiger partial charge in [0.15, 0.2) is 17.2 Å². The van der Waals surface area contributed by atoms with Gasteiger partial charge in [0, 0.05) is 20.0 Å². The first-order valence-corrected chi connectivity index (χ1v) is 12.9. The van der Waals surface area contributed by atoms with Crippen molar-refractivity contribution >= 4 is 34.4 Å². The predicted octanol–water partition coefficient (Wildman–Crippen LogP) is 5.13. The number of likely N-dealkylation sites (tertiary alicyclic amines) is 1. The van der Waals surface area contributed by atoms with E-state index in [4.69, 9.17) is 9.15 Å². The Hall–Kier alpha value is -3.72. The number of piperidine rings is 1. The molecule has 184 valence electrons. The van der Waals surface area contributed by atoms with Gasteiger partial charge in [-0.3, -0.25) is 4.79 Å². The van der Waals surface area contributed by atoms with Gasteiger partial charge in [0.05, 0.1) is 15.9 Å². The first-order valence-electron chi connectivity index (χ1n) is 12.0. The number of rotatable bonds is 5. The minimum atomic E-state index is -0.585. The number of fused-ring (bicyclic) bond motifs is 2.